The van der Waals surface area contributed by atoms with Gasteiger partial charge in [-0.25, -0.2) is 4.99 Å². The Morgan fingerprint density at radius 2 is 2.12 bits per heavy atom. The summed E-state index contributed by atoms with van der Waals surface area (Å²) in [5.41, 5.74) is 1.08. The summed E-state index contributed by atoms with van der Waals surface area (Å²) >= 11 is 0. The predicted octanol–water partition coefficient (Wildman–Crippen LogP) is 3.04. The topological polar surface area (TPSA) is 84.6 Å². The van der Waals surface area contributed by atoms with Crippen LogP contribution in [0.4, 0.5) is 0 Å². The molecule has 0 bridgehead atoms. The van der Waals surface area contributed by atoms with E-state index in [0.29, 0.717) is 30.8 Å². The normalized spacial score (nSPS) is 13.8. The molecule has 1 saturated carbocycles. The van der Waals surface area contributed by atoms with Crippen LogP contribution in [0.3, 0.4) is 0 Å². The van der Waals surface area contributed by atoms with Crippen molar-refractivity contribution < 1.29 is 9.26 Å². The molecule has 2 aromatic rings. The van der Waals surface area contributed by atoms with Crippen molar-refractivity contribution in [3.8, 4) is 5.75 Å². The zero-order valence-electron chi connectivity index (χ0n) is 15.2. The van der Waals surface area contributed by atoms with Crippen LogP contribution in [-0.4, -0.2) is 29.3 Å². The first-order valence-electron chi connectivity index (χ1n) is 8.76. The van der Waals surface area contributed by atoms with Gasteiger partial charge in [-0.15, -0.1) is 24.0 Å². The molecule has 1 aromatic carbocycles. The highest BCUT2D eigenvalue weighted by atomic mass is 127. The lowest BCUT2D eigenvalue weighted by molar-refractivity contribution is 0.297. The molecule has 0 radical (unpaired) electrons. The van der Waals surface area contributed by atoms with Crippen molar-refractivity contribution in [2.45, 2.75) is 39.8 Å². The van der Waals surface area contributed by atoms with Gasteiger partial charge in [0, 0.05) is 12.1 Å². The van der Waals surface area contributed by atoms with E-state index in [1.165, 1.54) is 12.8 Å². The average Bonchev–Trinajstić information content (AvgIpc) is 3.36. The van der Waals surface area contributed by atoms with E-state index >= 15 is 0 Å². The fraction of sp³-hybridized carbons (Fsp3) is 0.500. The van der Waals surface area contributed by atoms with Crippen molar-refractivity contribution in [1.82, 2.24) is 20.8 Å². The lowest BCUT2D eigenvalue weighted by atomic mass is 10.2. The smallest absolute Gasteiger partial charge is 0.246 e. The number of aryl methyl sites for hydroxylation is 1. The summed E-state index contributed by atoms with van der Waals surface area (Å²) in [6, 6.07) is 8.07. The molecule has 26 heavy (non-hydrogen) atoms. The summed E-state index contributed by atoms with van der Waals surface area (Å²) in [5, 5.41) is 10.2. The predicted molar refractivity (Wildman–Crippen MR) is 111 cm³/mol. The Bertz CT molecular complexity index is 715. The molecule has 142 valence electrons. The van der Waals surface area contributed by atoms with Crippen LogP contribution in [0, 0.1) is 12.8 Å². The number of ether oxygens (including phenoxy) is 1. The summed E-state index contributed by atoms with van der Waals surface area (Å²) < 4.78 is 11.1. The molecule has 2 N–H and O–H groups in total. The average molecular weight is 471 g/mol. The van der Waals surface area contributed by atoms with Gasteiger partial charge in [0.15, 0.2) is 11.8 Å². The molecule has 1 fully saturated rings. The van der Waals surface area contributed by atoms with E-state index in [0.717, 1.165) is 30.4 Å². The molecule has 0 atom stereocenters. The monoisotopic (exact) mass is 471 g/mol. The highest BCUT2D eigenvalue weighted by Gasteiger charge is 2.22. The molecule has 8 heteroatoms. The maximum atomic E-state index is 5.94. The Kier molecular flexibility index (Phi) is 8.14. The fourth-order valence-electron chi connectivity index (χ4n) is 2.34. The quantitative estimate of drug-likeness (QED) is 0.350. The highest BCUT2D eigenvalue weighted by Crippen LogP contribution is 2.30. The Balaban J connectivity index is 0.00000243. The number of aromatic nitrogens is 2. The third-order valence-corrected chi connectivity index (χ3v) is 3.87. The minimum absolute atomic E-state index is 0. The minimum Gasteiger partial charge on any atom is -0.493 e. The van der Waals surface area contributed by atoms with Crippen molar-refractivity contribution in [2.75, 3.05) is 13.2 Å². The van der Waals surface area contributed by atoms with Crippen molar-refractivity contribution in [2.24, 2.45) is 10.9 Å². The number of para-hydroxylation sites is 1. The van der Waals surface area contributed by atoms with Gasteiger partial charge in [-0.2, -0.15) is 4.98 Å². The number of aliphatic imine (C=N–C) groups is 1. The largest absolute Gasteiger partial charge is 0.493 e. The number of nitrogens with zero attached hydrogens (tertiary/aromatic N) is 3. The molecule has 1 heterocycles. The molecular weight excluding hydrogens is 445 g/mol. The van der Waals surface area contributed by atoms with Gasteiger partial charge < -0.3 is 19.9 Å². The van der Waals surface area contributed by atoms with Gasteiger partial charge >= 0.3 is 0 Å². The van der Waals surface area contributed by atoms with Crippen LogP contribution in [0.2, 0.25) is 0 Å². The van der Waals surface area contributed by atoms with Crippen LogP contribution in [0.25, 0.3) is 0 Å². The van der Waals surface area contributed by atoms with Crippen LogP contribution in [0.15, 0.2) is 33.8 Å². The second-order valence-corrected chi connectivity index (χ2v) is 6.15. The molecule has 0 aliphatic heterocycles. The van der Waals surface area contributed by atoms with Gasteiger partial charge in [-0.3, -0.25) is 0 Å². The maximum Gasteiger partial charge on any atom is 0.246 e. The lowest BCUT2D eigenvalue weighted by Crippen LogP contribution is -2.36. The summed E-state index contributed by atoms with van der Waals surface area (Å²) in [6.07, 6.45) is 2.56. The van der Waals surface area contributed by atoms with Crippen LogP contribution in [-0.2, 0) is 13.1 Å². The SMILES string of the molecule is CCNC(=NCc1ccccc1OCC1CC1)NCc1nc(C)no1.I. The highest BCUT2D eigenvalue weighted by molar-refractivity contribution is 14.0. The van der Waals surface area contributed by atoms with E-state index in [1.54, 1.807) is 6.92 Å². The molecule has 0 saturated heterocycles. The van der Waals surface area contributed by atoms with Crippen molar-refractivity contribution in [3.63, 3.8) is 0 Å². The molecule has 0 spiro atoms. The maximum absolute atomic E-state index is 5.94. The summed E-state index contributed by atoms with van der Waals surface area (Å²) in [4.78, 5) is 8.81. The molecule has 1 aliphatic carbocycles. The second-order valence-electron chi connectivity index (χ2n) is 6.15. The van der Waals surface area contributed by atoms with E-state index in [9.17, 15) is 0 Å². The van der Waals surface area contributed by atoms with Crippen LogP contribution >= 0.6 is 24.0 Å². The van der Waals surface area contributed by atoms with E-state index in [2.05, 4.69) is 31.8 Å². The molecule has 7 nitrogen and oxygen atoms in total. The number of hydrogen-bond donors (Lipinski definition) is 2. The summed E-state index contributed by atoms with van der Waals surface area (Å²) in [5.74, 6) is 3.52. The summed E-state index contributed by atoms with van der Waals surface area (Å²) in [7, 11) is 0. The third-order valence-electron chi connectivity index (χ3n) is 3.87. The van der Waals surface area contributed by atoms with E-state index in [1.807, 2.05) is 25.1 Å². The van der Waals surface area contributed by atoms with Crippen molar-refractivity contribution in [1.29, 1.82) is 0 Å². The zero-order valence-corrected chi connectivity index (χ0v) is 17.5. The molecule has 0 amide bonds. The van der Waals surface area contributed by atoms with Gasteiger partial charge in [0.2, 0.25) is 5.89 Å². The Labute approximate surface area is 171 Å². The number of nitrogens with one attached hydrogen (secondary N) is 2. The van der Waals surface area contributed by atoms with Crippen LogP contribution in [0.5, 0.6) is 5.75 Å². The van der Waals surface area contributed by atoms with Crippen LogP contribution in [0.1, 0.15) is 37.0 Å². The van der Waals surface area contributed by atoms with E-state index in [4.69, 9.17) is 9.26 Å². The van der Waals surface area contributed by atoms with Gasteiger partial charge in [-0.05, 0) is 38.7 Å². The number of halogens is 1. The van der Waals surface area contributed by atoms with E-state index in [-0.39, 0.29) is 24.0 Å². The van der Waals surface area contributed by atoms with Gasteiger partial charge in [0.1, 0.15) is 5.75 Å². The van der Waals surface area contributed by atoms with Gasteiger partial charge in [0.05, 0.1) is 19.7 Å². The minimum atomic E-state index is 0. The summed E-state index contributed by atoms with van der Waals surface area (Å²) in [6.45, 7) is 6.38. The Morgan fingerprint density at radius 3 is 2.81 bits per heavy atom. The van der Waals surface area contributed by atoms with Gasteiger partial charge in [-0.1, -0.05) is 23.4 Å². The first kappa shape index (κ1) is 20.5. The lowest BCUT2D eigenvalue weighted by Gasteiger charge is -2.12. The molecule has 0 unspecified atom stereocenters. The molecular formula is C18H26IN5O2. The molecule has 3 rings (SSSR count). The van der Waals surface area contributed by atoms with Gasteiger partial charge in [0.25, 0.3) is 0 Å². The second kappa shape index (κ2) is 10.3. The number of hydrogen-bond acceptors (Lipinski definition) is 5. The number of guanidine groups is 1. The zero-order chi connectivity index (χ0) is 17.5. The fourth-order valence-corrected chi connectivity index (χ4v) is 2.34. The van der Waals surface area contributed by atoms with E-state index < -0.39 is 0 Å². The third kappa shape index (κ3) is 6.47. The molecule has 1 aromatic heterocycles. The first-order chi connectivity index (χ1) is 12.2. The standard InChI is InChI=1S/C18H25N5O2.HI/c1-3-19-18(21-11-17-22-13(2)23-25-17)20-10-15-6-4-5-7-16(15)24-12-14-8-9-14;/h4-7,14H,3,8-12H2,1-2H3,(H2,19,20,21);1H. The number of rotatable bonds is 8. The molecule has 1 aliphatic rings. The van der Waals surface area contributed by atoms with Crippen molar-refractivity contribution >= 4 is 29.9 Å². The Hall–Kier alpha value is -1.84. The Morgan fingerprint density at radius 1 is 1.31 bits per heavy atom. The first-order valence-corrected chi connectivity index (χ1v) is 8.76. The number of benzene rings is 1. The van der Waals surface area contributed by atoms with Crippen molar-refractivity contribution in [3.05, 3.63) is 41.5 Å². The van der Waals surface area contributed by atoms with Crippen LogP contribution < -0.4 is 15.4 Å².